The first-order valence-corrected chi connectivity index (χ1v) is 8.12. The Bertz CT molecular complexity index is 834. The number of ether oxygens (including phenoxy) is 1. The van der Waals surface area contributed by atoms with Crippen LogP contribution in [0.4, 0.5) is 4.39 Å². The third kappa shape index (κ3) is 4.04. The van der Waals surface area contributed by atoms with Crippen LogP contribution in [0.25, 0.3) is 11.4 Å². The molecule has 0 saturated carbocycles. The fourth-order valence-corrected chi connectivity index (χ4v) is 2.69. The summed E-state index contributed by atoms with van der Waals surface area (Å²) in [7, 11) is 0. The van der Waals surface area contributed by atoms with Crippen LogP contribution >= 0.6 is 0 Å². The van der Waals surface area contributed by atoms with Gasteiger partial charge in [0.05, 0.1) is 12.3 Å². The van der Waals surface area contributed by atoms with Crippen LogP contribution in [0.1, 0.15) is 34.9 Å². The van der Waals surface area contributed by atoms with Crippen LogP contribution in [0.2, 0.25) is 0 Å². The minimum Gasteiger partial charge on any atom is -0.493 e. The lowest BCUT2D eigenvalue weighted by Crippen LogP contribution is -2.02. The predicted octanol–water partition coefficient (Wildman–Crippen LogP) is 4.13. The second kappa shape index (κ2) is 7.46. The molecule has 132 valence electrons. The molecule has 6 nitrogen and oxygen atoms in total. The lowest BCUT2D eigenvalue weighted by molar-refractivity contribution is 0.296. The lowest BCUT2D eigenvalue weighted by Gasteiger charge is -2.13. The molecule has 0 bridgehead atoms. The van der Waals surface area contributed by atoms with E-state index in [4.69, 9.17) is 13.8 Å². The van der Waals surface area contributed by atoms with Crippen molar-refractivity contribution in [3.8, 4) is 17.1 Å². The molecule has 0 radical (unpaired) electrons. The van der Waals surface area contributed by atoms with E-state index >= 15 is 0 Å². The van der Waals surface area contributed by atoms with Gasteiger partial charge >= 0.3 is 0 Å². The standard InChI is InChI=1S/C18H20FN3O3/c1-11-7-14(18-20-16(10-19)25-22-18)8-12(2)17(11)23-6-4-5-15-9-13(3)21-24-15/h7-9H,4-6,10H2,1-3H3. The third-order valence-corrected chi connectivity index (χ3v) is 3.79. The quantitative estimate of drug-likeness (QED) is 0.599. The van der Waals surface area contributed by atoms with E-state index in [1.165, 1.54) is 0 Å². The molecule has 0 atom stereocenters. The summed E-state index contributed by atoms with van der Waals surface area (Å²) in [5.41, 5.74) is 3.60. The summed E-state index contributed by atoms with van der Waals surface area (Å²) in [5, 5.41) is 7.67. The Balaban J connectivity index is 1.63. The van der Waals surface area contributed by atoms with Gasteiger partial charge in [-0.3, -0.25) is 0 Å². The number of nitrogens with zero attached hydrogens (tertiary/aromatic N) is 3. The van der Waals surface area contributed by atoms with Crippen molar-refractivity contribution in [1.82, 2.24) is 15.3 Å². The van der Waals surface area contributed by atoms with Gasteiger partial charge in [0.1, 0.15) is 11.5 Å². The first-order valence-electron chi connectivity index (χ1n) is 8.12. The van der Waals surface area contributed by atoms with Gasteiger partial charge in [0.25, 0.3) is 5.89 Å². The van der Waals surface area contributed by atoms with Gasteiger partial charge in [0.15, 0.2) is 6.67 Å². The van der Waals surface area contributed by atoms with Crippen molar-refractivity contribution in [2.75, 3.05) is 6.61 Å². The van der Waals surface area contributed by atoms with Crippen LogP contribution < -0.4 is 4.74 Å². The number of aryl methyl sites for hydroxylation is 4. The molecule has 3 rings (SSSR count). The van der Waals surface area contributed by atoms with Crippen molar-refractivity contribution in [2.45, 2.75) is 40.3 Å². The number of hydrogen-bond acceptors (Lipinski definition) is 6. The molecule has 0 N–H and O–H groups in total. The monoisotopic (exact) mass is 345 g/mol. The SMILES string of the molecule is Cc1cc(CCCOc2c(C)cc(-c3noc(CF)n3)cc2C)on1. The number of benzene rings is 1. The highest BCUT2D eigenvalue weighted by molar-refractivity contribution is 5.60. The van der Waals surface area contributed by atoms with Crippen LogP contribution in [0.5, 0.6) is 5.75 Å². The minimum absolute atomic E-state index is 0.0201. The molecule has 2 aromatic heterocycles. The average molecular weight is 345 g/mol. The minimum atomic E-state index is -0.767. The van der Waals surface area contributed by atoms with Gasteiger partial charge in [-0.05, 0) is 50.5 Å². The second-order valence-corrected chi connectivity index (χ2v) is 5.97. The van der Waals surface area contributed by atoms with Crippen LogP contribution in [0, 0.1) is 20.8 Å². The zero-order chi connectivity index (χ0) is 17.8. The topological polar surface area (TPSA) is 74.2 Å². The highest BCUT2D eigenvalue weighted by atomic mass is 19.1. The number of rotatable bonds is 7. The number of aromatic nitrogens is 3. The molecule has 0 saturated heterocycles. The average Bonchev–Trinajstić information content (AvgIpc) is 3.22. The fourth-order valence-electron chi connectivity index (χ4n) is 2.69. The number of hydrogen-bond donors (Lipinski definition) is 0. The maximum Gasteiger partial charge on any atom is 0.258 e. The Morgan fingerprint density at radius 2 is 1.80 bits per heavy atom. The third-order valence-electron chi connectivity index (χ3n) is 3.79. The summed E-state index contributed by atoms with van der Waals surface area (Å²) >= 11 is 0. The van der Waals surface area contributed by atoms with Gasteiger partial charge in [-0.25, -0.2) is 4.39 Å². The summed E-state index contributed by atoms with van der Waals surface area (Å²) in [5.74, 6) is 2.07. The Kier molecular flexibility index (Phi) is 5.11. The molecular formula is C18H20FN3O3. The van der Waals surface area contributed by atoms with E-state index in [1.54, 1.807) is 0 Å². The molecule has 25 heavy (non-hydrogen) atoms. The van der Waals surface area contributed by atoms with Crippen molar-refractivity contribution >= 4 is 0 Å². The molecule has 0 aliphatic carbocycles. The van der Waals surface area contributed by atoms with Gasteiger partial charge < -0.3 is 13.8 Å². The Morgan fingerprint density at radius 3 is 2.40 bits per heavy atom. The maximum atomic E-state index is 12.5. The molecule has 3 aromatic rings. The van der Waals surface area contributed by atoms with E-state index in [9.17, 15) is 4.39 Å². The summed E-state index contributed by atoms with van der Waals surface area (Å²) in [6, 6.07) is 5.76. The van der Waals surface area contributed by atoms with Crippen molar-refractivity contribution < 1.29 is 18.2 Å². The first kappa shape index (κ1) is 17.1. The van der Waals surface area contributed by atoms with Crippen LogP contribution in [-0.2, 0) is 13.1 Å². The van der Waals surface area contributed by atoms with Gasteiger partial charge in [-0.1, -0.05) is 10.3 Å². The summed E-state index contributed by atoms with van der Waals surface area (Å²) < 4.78 is 28.5. The first-order chi connectivity index (χ1) is 12.1. The number of alkyl halides is 1. The van der Waals surface area contributed by atoms with Gasteiger partial charge in [-0.2, -0.15) is 4.98 Å². The van der Waals surface area contributed by atoms with Crippen LogP contribution in [0.3, 0.4) is 0 Å². The summed E-state index contributed by atoms with van der Waals surface area (Å²) in [6.07, 6.45) is 1.62. The largest absolute Gasteiger partial charge is 0.493 e. The molecule has 7 heteroatoms. The lowest BCUT2D eigenvalue weighted by atomic mass is 10.1. The zero-order valence-corrected chi connectivity index (χ0v) is 14.5. The van der Waals surface area contributed by atoms with E-state index in [0.29, 0.717) is 12.4 Å². The Hall–Kier alpha value is -2.70. The van der Waals surface area contributed by atoms with Gasteiger partial charge in [0.2, 0.25) is 5.82 Å². The van der Waals surface area contributed by atoms with Gasteiger partial charge in [0, 0.05) is 18.1 Å². The molecule has 2 heterocycles. The fraction of sp³-hybridized carbons (Fsp3) is 0.389. The molecule has 0 aliphatic heterocycles. The smallest absolute Gasteiger partial charge is 0.258 e. The number of halogens is 1. The molecule has 0 amide bonds. The van der Waals surface area contributed by atoms with Crippen molar-refractivity contribution in [3.05, 3.63) is 46.7 Å². The van der Waals surface area contributed by atoms with E-state index in [0.717, 1.165) is 46.7 Å². The molecule has 0 fully saturated rings. The molecule has 1 aromatic carbocycles. The Morgan fingerprint density at radius 1 is 1.04 bits per heavy atom. The molecule has 0 aliphatic rings. The molecular weight excluding hydrogens is 325 g/mol. The van der Waals surface area contributed by atoms with Crippen molar-refractivity contribution in [3.63, 3.8) is 0 Å². The molecule has 0 unspecified atom stereocenters. The highest BCUT2D eigenvalue weighted by Gasteiger charge is 2.13. The van der Waals surface area contributed by atoms with Gasteiger partial charge in [-0.15, -0.1) is 0 Å². The van der Waals surface area contributed by atoms with E-state index in [1.807, 2.05) is 39.0 Å². The van der Waals surface area contributed by atoms with E-state index in [2.05, 4.69) is 15.3 Å². The van der Waals surface area contributed by atoms with Crippen LogP contribution in [0.15, 0.2) is 27.2 Å². The predicted molar refractivity (Wildman–Crippen MR) is 89.1 cm³/mol. The van der Waals surface area contributed by atoms with E-state index < -0.39 is 6.67 Å². The maximum absolute atomic E-state index is 12.5. The van der Waals surface area contributed by atoms with Crippen molar-refractivity contribution in [2.24, 2.45) is 0 Å². The second-order valence-electron chi connectivity index (χ2n) is 5.97. The van der Waals surface area contributed by atoms with Crippen molar-refractivity contribution in [1.29, 1.82) is 0 Å². The normalized spacial score (nSPS) is 11.0. The zero-order valence-electron chi connectivity index (χ0n) is 14.5. The van der Waals surface area contributed by atoms with E-state index in [-0.39, 0.29) is 5.89 Å². The van der Waals surface area contributed by atoms with Crippen LogP contribution in [-0.4, -0.2) is 21.9 Å². The summed E-state index contributed by atoms with van der Waals surface area (Å²) in [4.78, 5) is 4.01. The highest BCUT2D eigenvalue weighted by Crippen LogP contribution is 2.29. The Labute approximate surface area is 145 Å². The summed E-state index contributed by atoms with van der Waals surface area (Å²) in [6.45, 7) is 5.63. The molecule has 0 spiro atoms.